The van der Waals surface area contributed by atoms with E-state index in [4.69, 9.17) is 14.2 Å². The zero-order chi connectivity index (χ0) is 50.0. The summed E-state index contributed by atoms with van der Waals surface area (Å²) in [5, 5.41) is 0. The Bertz CT molecular complexity index is 1330. The van der Waals surface area contributed by atoms with Crippen molar-refractivity contribution in [2.45, 2.75) is 284 Å². The highest BCUT2D eigenvalue weighted by molar-refractivity contribution is 5.71. The van der Waals surface area contributed by atoms with Crippen LogP contribution in [0.25, 0.3) is 0 Å². The molecule has 0 aromatic rings. The molecule has 0 bridgehead atoms. The van der Waals surface area contributed by atoms with Gasteiger partial charge in [-0.25, -0.2) is 0 Å². The number of ether oxygens (including phenoxy) is 3. The molecule has 0 aliphatic carbocycles. The molecule has 0 saturated heterocycles. The Labute approximate surface area is 426 Å². The second-order valence-electron chi connectivity index (χ2n) is 19.2. The maximum absolute atomic E-state index is 12.9. The summed E-state index contributed by atoms with van der Waals surface area (Å²) in [6.07, 6.45) is 74.4. The monoisotopic (exact) mass is 961 g/mol. The van der Waals surface area contributed by atoms with Gasteiger partial charge in [0.25, 0.3) is 0 Å². The van der Waals surface area contributed by atoms with Gasteiger partial charge in [-0.1, -0.05) is 241 Å². The fourth-order valence-corrected chi connectivity index (χ4v) is 8.01. The molecular formula is C63H108O6. The number of carbonyl (C=O) groups is 3. The van der Waals surface area contributed by atoms with E-state index in [2.05, 4.69) is 99.8 Å². The highest BCUT2D eigenvalue weighted by Gasteiger charge is 2.19. The average Bonchev–Trinajstić information content (AvgIpc) is 3.35. The number of allylic oxidation sites excluding steroid dienone is 14. The van der Waals surface area contributed by atoms with Crippen molar-refractivity contribution in [3.05, 3.63) is 85.1 Å². The first-order valence-electron chi connectivity index (χ1n) is 29.1. The maximum Gasteiger partial charge on any atom is 0.306 e. The fraction of sp³-hybridized carbons (Fsp3) is 0.730. The van der Waals surface area contributed by atoms with Crippen LogP contribution in [-0.4, -0.2) is 37.2 Å². The molecule has 1 unspecified atom stereocenters. The minimum absolute atomic E-state index is 0.103. The minimum Gasteiger partial charge on any atom is -0.462 e. The van der Waals surface area contributed by atoms with Gasteiger partial charge < -0.3 is 14.2 Å². The van der Waals surface area contributed by atoms with Crippen molar-refractivity contribution in [1.82, 2.24) is 0 Å². The summed E-state index contributed by atoms with van der Waals surface area (Å²) in [4.78, 5) is 38.1. The predicted octanol–water partition coefficient (Wildman–Crippen LogP) is 19.5. The van der Waals surface area contributed by atoms with E-state index in [0.29, 0.717) is 19.3 Å². The zero-order valence-electron chi connectivity index (χ0n) is 45.3. The molecule has 0 rings (SSSR count). The second kappa shape index (κ2) is 57.2. The topological polar surface area (TPSA) is 78.9 Å². The lowest BCUT2D eigenvalue weighted by molar-refractivity contribution is -0.166. The van der Waals surface area contributed by atoms with Crippen molar-refractivity contribution in [1.29, 1.82) is 0 Å². The van der Waals surface area contributed by atoms with Crippen molar-refractivity contribution >= 4 is 17.9 Å². The molecule has 0 N–H and O–H groups in total. The van der Waals surface area contributed by atoms with Crippen LogP contribution in [0.5, 0.6) is 0 Å². The molecule has 0 fully saturated rings. The molecule has 69 heavy (non-hydrogen) atoms. The Balaban J connectivity index is 4.44. The van der Waals surface area contributed by atoms with E-state index in [1.165, 1.54) is 141 Å². The van der Waals surface area contributed by atoms with Gasteiger partial charge in [0.2, 0.25) is 0 Å². The van der Waals surface area contributed by atoms with Gasteiger partial charge in [-0.3, -0.25) is 14.4 Å². The standard InChI is InChI=1S/C63H108O6/c1-4-7-10-13-16-19-22-25-27-29-31-33-35-38-41-44-47-50-53-56-62(65)68-59-60(58-67-61(64)55-52-49-46-43-40-37-24-21-18-15-12-9-6-3)69-63(66)57-54-51-48-45-42-39-36-34-32-30-28-26-23-20-17-14-11-8-5-2/h7,10,16,19,25,27,30-33,37,40,46,49,60H,4-6,8-9,11-15,17-18,20-24,26,28-29,34-36,38-39,41-45,47-48,50-59H2,1-3H3/b10-7+,19-16+,27-25+,32-30+,33-31+,40-37+,49-46+. The summed E-state index contributed by atoms with van der Waals surface area (Å²) < 4.78 is 16.8. The maximum atomic E-state index is 12.9. The lowest BCUT2D eigenvalue weighted by Gasteiger charge is -2.18. The van der Waals surface area contributed by atoms with Crippen LogP contribution in [0, 0.1) is 0 Å². The summed E-state index contributed by atoms with van der Waals surface area (Å²) >= 11 is 0. The fourth-order valence-electron chi connectivity index (χ4n) is 8.01. The smallest absolute Gasteiger partial charge is 0.306 e. The molecule has 6 heteroatoms. The van der Waals surface area contributed by atoms with Crippen LogP contribution in [0.2, 0.25) is 0 Å². The molecule has 396 valence electrons. The van der Waals surface area contributed by atoms with Crippen LogP contribution in [0.15, 0.2) is 85.1 Å². The molecule has 0 aromatic heterocycles. The number of rotatable bonds is 52. The lowest BCUT2D eigenvalue weighted by atomic mass is 10.1. The first-order chi connectivity index (χ1) is 34.0. The molecular weight excluding hydrogens is 853 g/mol. The molecule has 0 amide bonds. The summed E-state index contributed by atoms with van der Waals surface area (Å²) in [5.74, 6) is -0.984. The van der Waals surface area contributed by atoms with E-state index in [-0.39, 0.29) is 37.5 Å². The van der Waals surface area contributed by atoms with Crippen molar-refractivity contribution in [2.24, 2.45) is 0 Å². The van der Waals surface area contributed by atoms with Crippen molar-refractivity contribution < 1.29 is 28.6 Å². The quantitative estimate of drug-likeness (QED) is 0.0262. The van der Waals surface area contributed by atoms with E-state index in [0.717, 1.165) is 89.9 Å². The van der Waals surface area contributed by atoms with Gasteiger partial charge in [0.05, 0.1) is 0 Å². The molecule has 0 aliphatic heterocycles. The third-order valence-corrected chi connectivity index (χ3v) is 12.4. The Hall–Kier alpha value is -3.41. The number of hydrogen-bond acceptors (Lipinski definition) is 6. The van der Waals surface area contributed by atoms with Gasteiger partial charge in [-0.05, 0) is 103 Å². The van der Waals surface area contributed by atoms with Crippen LogP contribution >= 0.6 is 0 Å². The molecule has 0 spiro atoms. The largest absolute Gasteiger partial charge is 0.462 e. The van der Waals surface area contributed by atoms with Crippen molar-refractivity contribution in [2.75, 3.05) is 13.2 Å². The third-order valence-electron chi connectivity index (χ3n) is 12.4. The van der Waals surface area contributed by atoms with Gasteiger partial charge in [0.15, 0.2) is 6.10 Å². The van der Waals surface area contributed by atoms with Crippen molar-refractivity contribution in [3.63, 3.8) is 0 Å². The van der Waals surface area contributed by atoms with Crippen molar-refractivity contribution in [3.8, 4) is 0 Å². The van der Waals surface area contributed by atoms with Crippen LogP contribution < -0.4 is 0 Å². The van der Waals surface area contributed by atoms with E-state index >= 15 is 0 Å². The molecule has 6 nitrogen and oxygen atoms in total. The summed E-state index contributed by atoms with van der Waals surface area (Å²) in [5.41, 5.74) is 0. The number of carbonyl (C=O) groups excluding carboxylic acids is 3. The van der Waals surface area contributed by atoms with E-state index in [1.807, 2.05) is 6.08 Å². The van der Waals surface area contributed by atoms with Crippen LogP contribution in [0.3, 0.4) is 0 Å². The number of hydrogen-bond donors (Lipinski definition) is 0. The Morgan fingerprint density at radius 2 is 0.594 bits per heavy atom. The lowest BCUT2D eigenvalue weighted by Crippen LogP contribution is -2.30. The van der Waals surface area contributed by atoms with Crippen LogP contribution in [0.1, 0.15) is 278 Å². The molecule has 0 aromatic carbocycles. The van der Waals surface area contributed by atoms with Gasteiger partial charge in [-0.15, -0.1) is 0 Å². The molecule has 0 aliphatic rings. The zero-order valence-corrected chi connectivity index (χ0v) is 45.3. The van der Waals surface area contributed by atoms with Crippen LogP contribution in [-0.2, 0) is 28.6 Å². The van der Waals surface area contributed by atoms with Gasteiger partial charge >= 0.3 is 17.9 Å². The molecule has 1 atom stereocenters. The second-order valence-corrected chi connectivity index (χ2v) is 19.2. The van der Waals surface area contributed by atoms with E-state index < -0.39 is 6.10 Å². The molecule has 0 radical (unpaired) electrons. The highest BCUT2D eigenvalue weighted by Crippen LogP contribution is 2.15. The Morgan fingerprint density at radius 1 is 0.304 bits per heavy atom. The SMILES string of the molecule is CC/C=C/C/C=C/C/C=C/C/C=C/CCCCCCCCC(=O)OCC(COC(=O)CC/C=C/C/C=C/CCCCCCCC)OC(=O)CCCCCCCCC/C=C/CCCCCCCCCC. The molecule has 0 heterocycles. The normalized spacial score (nSPS) is 12.7. The number of esters is 3. The minimum atomic E-state index is -0.808. The first-order valence-corrected chi connectivity index (χ1v) is 29.1. The Morgan fingerprint density at radius 3 is 0.986 bits per heavy atom. The summed E-state index contributed by atoms with van der Waals surface area (Å²) in [6.45, 7) is 6.47. The van der Waals surface area contributed by atoms with Gasteiger partial charge in [-0.2, -0.15) is 0 Å². The summed E-state index contributed by atoms with van der Waals surface area (Å²) in [6, 6.07) is 0. The molecule has 0 saturated carbocycles. The number of unbranched alkanes of at least 4 members (excludes halogenated alkanes) is 27. The summed E-state index contributed by atoms with van der Waals surface area (Å²) in [7, 11) is 0. The Kier molecular flexibility index (Phi) is 54.3. The average molecular weight is 962 g/mol. The van der Waals surface area contributed by atoms with Crippen LogP contribution in [0.4, 0.5) is 0 Å². The van der Waals surface area contributed by atoms with Gasteiger partial charge in [0.1, 0.15) is 13.2 Å². The third kappa shape index (κ3) is 55.4. The highest BCUT2D eigenvalue weighted by atomic mass is 16.6. The van der Waals surface area contributed by atoms with E-state index in [1.54, 1.807) is 0 Å². The predicted molar refractivity (Wildman–Crippen MR) is 297 cm³/mol. The van der Waals surface area contributed by atoms with E-state index in [9.17, 15) is 14.4 Å². The first kappa shape index (κ1) is 65.6. The van der Waals surface area contributed by atoms with Gasteiger partial charge in [0, 0.05) is 19.3 Å².